The van der Waals surface area contributed by atoms with Crippen molar-refractivity contribution >= 4 is 29.9 Å². The molecule has 0 radical (unpaired) electrons. The Hall–Kier alpha value is -0.780. The Balaban J connectivity index is 0.00000220. The van der Waals surface area contributed by atoms with Crippen molar-refractivity contribution in [2.75, 3.05) is 13.6 Å². The minimum Gasteiger partial charge on any atom is -0.356 e. The maximum Gasteiger partial charge on any atom is 0.191 e. The van der Waals surface area contributed by atoms with Gasteiger partial charge in [0.05, 0.1) is 0 Å². The largest absolute Gasteiger partial charge is 0.356 e. The Bertz CT molecular complexity index is 413. The van der Waals surface area contributed by atoms with Gasteiger partial charge in [-0.2, -0.15) is 0 Å². The first-order valence-corrected chi connectivity index (χ1v) is 7.81. The fraction of sp³-hybridized carbons (Fsp3) is 0.588. The van der Waals surface area contributed by atoms with Crippen molar-refractivity contribution in [3.05, 3.63) is 35.9 Å². The number of benzene rings is 1. The van der Waals surface area contributed by atoms with E-state index in [0.717, 1.165) is 12.5 Å². The van der Waals surface area contributed by atoms with Crippen LogP contribution in [0.15, 0.2) is 35.3 Å². The summed E-state index contributed by atoms with van der Waals surface area (Å²) in [5.41, 5.74) is 1.37. The first-order valence-electron chi connectivity index (χ1n) is 7.81. The molecule has 1 fully saturated rings. The molecule has 0 saturated heterocycles. The van der Waals surface area contributed by atoms with Crippen LogP contribution in [0.1, 0.15) is 50.5 Å². The zero-order valence-corrected chi connectivity index (χ0v) is 15.5. The molecule has 0 aliphatic heterocycles. The summed E-state index contributed by atoms with van der Waals surface area (Å²) in [4.78, 5) is 4.34. The average molecular weight is 401 g/mol. The monoisotopic (exact) mass is 401 g/mol. The van der Waals surface area contributed by atoms with E-state index in [-0.39, 0.29) is 24.0 Å². The van der Waals surface area contributed by atoms with E-state index in [1.54, 1.807) is 0 Å². The van der Waals surface area contributed by atoms with Gasteiger partial charge in [0.2, 0.25) is 0 Å². The van der Waals surface area contributed by atoms with Crippen LogP contribution in [-0.4, -0.2) is 25.6 Å². The van der Waals surface area contributed by atoms with Gasteiger partial charge in [-0.25, -0.2) is 0 Å². The van der Waals surface area contributed by atoms with E-state index in [0.29, 0.717) is 12.0 Å². The highest BCUT2D eigenvalue weighted by molar-refractivity contribution is 14.0. The lowest BCUT2D eigenvalue weighted by atomic mass is 9.96. The highest BCUT2D eigenvalue weighted by atomic mass is 127. The number of guanidine groups is 1. The summed E-state index contributed by atoms with van der Waals surface area (Å²) in [6, 6.07) is 11.2. The second-order valence-electron chi connectivity index (χ2n) is 5.74. The van der Waals surface area contributed by atoms with Crippen LogP contribution in [0.4, 0.5) is 0 Å². The van der Waals surface area contributed by atoms with Crippen molar-refractivity contribution in [1.82, 2.24) is 10.6 Å². The molecule has 3 nitrogen and oxygen atoms in total. The molecule has 1 aromatic carbocycles. The third kappa shape index (κ3) is 6.24. The second kappa shape index (κ2) is 10.0. The average Bonchev–Trinajstić information content (AvgIpc) is 2.53. The summed E-state index contributed by atoms with van der Waals surface area (Å²) in [7, 11) is 1.85. The quantitative estimate of drug-likeness (QED) is 0.456. The van der Waals surface area contributed by atoms with E-state index in [2.05, 4.69) is 52.9 Å². The molecular formula is C17H28IN3. The molecule has 1 aliphatic carbocycles. The van der Waals surface area contributed by atoms with Crippen molar-refractivity contribution < 1.29 is 0 Å². The highest BCUT2D eigenvalue weighted by Gasteiger charge is 2.14. The summed E-state index contributed by atoms with van der Waals surface area (Å²) < 4.78 is 0. The number of rotatable bonds is 4. The summed E-state index contributed by atoms with van der Waals surface area (Å²) in [5.74, 6) is 1.43. The van der Waals surface area contributed by atoms with Crippen LogP contribution in [0.25, 0.3) is 0 Å². The lowest BCUT2D eigenvalue weighted by Gasteiger charge is -2.25. The molecule has 118 valence electrons. The molecule has 21 heavy (non-hydrogen) atoms. The Morgan fingerprint density at radius 1 is 1.19 bits per heavy atom. The van der Waals surface area contributed by atoms with Gasteiger partial charge in [0.1, 0.15) is 0 Å². The fourth-order valence-electron chi connectivity index (χ4n) is 2.78. The Morgan fingerprint density at radius 3 is 2.48 bits per heavy atom. The van der Waals surface area contributed by atoms with E-state index in [9.17, 15) is 0 Å². The number of hydrogen-bond donors (Lipinski definition) is 2. The number of nitrogens with one attached hydrogen (secondary N) is 2. The minimum atomic E-state index is 0. The molecule has 0 amide bonds. The van der Waals surface area contributed by atoms with Crippen LogP contribution in [0.3, 0.4) is 0 Å². The summed E-state index contributed by atoms with van der Waals surface area (Å²) in [6.07, 6.45) is 6.61. The molecule has 1 saturated carbocycles. The Morgan fingerprint density at radius 2 is 1.86 bits per heavy atom. The molecule has 0 bridgehead atoms. The molecule has 0 spiro atoms. The number of hydrogen-bond acceptors (Lipinski definition) is 1. The predicted octanol–water partition coefficient (Wildman–Crippen LogP) is 3.91. The van der Waals surface area contributed by atoms with Gasteiger partial charge >= 0.3 is 0 Å². The van der Waals surface area contributed by atoms with Gasteiger partial charge in [-0.05, 0) is 24.3 Å². The van der Waals surface area contributed by atoms with Crippen molar-refractivity contribution in [3.8, 4) is 0 Å². The smallest absolute Gasteiger partial charge is 0.191 e. The molecule has 1 aliphatic rings. The number of halogens is 1. The van der Waals surface area contributed by atoms with E-state index < -0.39 is 0 Å². The van der Waals surface area contributed by atoms with Crippen molar-refractivity contribution in [3.63, 3.8) is 0 Å². The van der Waals surface area contributed by atoms with Crippen LogP contribution in [-0.2, 0) is 0 Å². The number of aliphatic imine (C=N–C) groups is 1. The molecule has 1 atom stereocenters. The summed E-state index contributed by atoms with van der Waals surface area (Å²) in [5, 5.41) is 7.01. The van der Waals surface area contributed by atoms with Crippen molar-refractivity contribution in [2.45, 2.75) is 51.0 Å². The molecule has 2 rings (SSSR count). The number of nitrogens with zero attached hydrogens (tertiary/aromatic N) is 1. The SMILES string of the molecule is CN=C(NCC(C)c1ccccc1)NC1CCCCC1.I. The maximum absolute atomic E-state index is 4.34. The van der Waals surface area contributed by atoms with Gasteiger partial charge in [-0.1, -0.05) is 56.5 Å². The lowest BCUT2D eigenvalue weighted by Crippen LogP contribution is -2.45. The second-order valence-corrected chi connectivity index (χ2v) is 5.74. The topological polar surface area (TPSA) is 36.4 Å². The van der Waals surface area contributed by atoms with Gasteiger partial charge in [-0.15, -0.1) is 24.0 Å². The highest BCUT2D eigenvalue weighted by Crippen LogP contribution is 2.17. The van der Waals surface area contributed by atoms with Crippen LogP contribution >= 0.6 is 24.0 Å². The fourth-order valence-corrected chi connectivity index (χ4v) is 2.78. The molecule has 4 heteroatoms. The zero-order chi connectivity index (χ0) is 14.2. The van der Waals surface area contributed by atoms with E-state index >= 15 is 0 Å². The molecular weight excluding hydrogens is 373 g/mol. The zero-order valence-electron chi connectivity index (χ0n) is 13.1. The van der Waals surface area contributed by atoms with Gasteiger partial charge < -0.3 is 10.6 Å². The molecule has 1 unspecified atom stereocenters. The Kier molecular flexibility index (Phi) is 8.73. The van der Waals surface area contributed by atoms with Gasteiger partial charge in [0, 0.05) is 19.6 Å². The van der Waals surface area contributed by atoms with Crippen LogP contribution < -0.4 is 10.6 Å². The first-order chi connectivity index (χ1) is 9.79. The van der Waals surface area contributed by atoms with Gasteiger partial charge in [0.15, 0.2) is 5.96 Å². The third-order valence-corrected chi connectivity index (χ3v) is 4.11. The predicted molar refractivity (Wildman–Crippen MR) is 102 cm³/mol. The standard InChI is InChI=1S/C17H27N3.HI/c1-14(15-9-5-3-6-10-15)13-19-17(18-2)20-16-11-7-4-8-12-16;/h3,5-6,9-10,14,16H,4,7-8,11-13H2,1-2H3,(H2,18,19,20);1H. The summed E-state index contributed by atoms with van der Waals surface area (Å²) >= 11 is 0. The van der Waals surface area contributed by atoms with E-state index in [1.165, 1.54) is 37.7 Å². The Labute approximate surface area is 146 Å². The van der Waals surface area contributed by atoms with Crippen molar-refractivity contribution in [1.29, 1.82) is 0 Å². The lowest BCUT2D eigenvalue weighted by molar-refractivity contribution is 0.409. The molecule has 2 N–H and O–H groups in total. The molecule has 0 aromatic heterocycles. The van der Waals surface area contributed by atoms with E-state index in [1.807, 2.05) is 7.05 Å². The van der Waals surface area contributed by atoms with Crippen LogP contribution in [0, 0.1) is 0 Å². The normalized spacial score (nSPS) is 17.7. The van der Waals surface area contributed by atoms with E-state index in [4.69, 9.17) is 0 Å². The van der Waals surface area contributed by atoms with Gasteiger partial charge in [-0.3, -0.25) is 4.99 Å². The molecule has 0 heterocycles. The van der Waals surface area contributed by atoms with Crippen LogP contribution in [0.5, 0.6) is 0 Å². The minimum absolute atomic E-state index is 0. The van der Waals surface area contributed by atoms with Crippen LogP contribution in [0.2, 0.25) is 0 Å². The van der Waals surface area contributed by atoms with Crippen molar-refractivity contribution in [2.24, 2.45) is 4.99 Å². The van der Waals surface area contributed by atoms with Gasteiger partial charge in [0.25, 0.3) is 0 Å². The first kappa shape index (κ1) is 18.3. The maximum atomic E-state index is 4.34. The third-order valence-electron chi connectivity index (χ3n) is 4.11. The summed E-state index contributed by atoms with van der Waals surface area (Å²) in [6.45, 7) is 3.16. The molecule has 1 aromatic rings.